The topological polar surface area (TPSA) is 106 Å². The van der Waals surface area contributed by atoms with Crippen LogP contribution in [0.15, 0.2) is 30.7 Å². The molecule has 5 aliphatic carbocycles. The Morgan fingerprint density at radius 3 is 2.35 bits per heavy atom. The second-order valence-corrected chi connectivity index (χ2v) is 13.9. The highest BCUT2D eigenvalue weighted by atomic mass is 19.3. The highest BCUT2D eigenvalue weighted by molar-refractivity contribution is 5.92. The lowest BCUT2D eigenvalue weighted by atomic mass is 9.41. The number of fused-ring (bicyclic) bond motifs is 1. The molecule has 3 aromatic rings. The smallest absolute Gasteiger partial charge is 0.270 e. The highest BCUT2D eigenvalue weighted by Crippen LogP contribution is 2.71. The number of nitrogens with one attached hydrogen (secondary N) is 2. The minimum Gasteiger partial charge on any atom is -0.349 e. The van der Waals surface area contributed by atoms with Crippen molar-refractivity contribution in [3.63, 3.8) is 0 Å². The lowest BCUT2D eigenvalue weighted by Gasteiger charge is -2.65. The van der Waals surface area contributed by atoms with Crippen LogP contribution in [-0.2, 0) is 4.79 Å². The Kier molecular flexibility index (Phi) is 6.63. The van der Waals surface area contributed by atoms with Crippen LogP contribution in [0.25, 0.3) is 5.65 Å². The summed E-state index contributed by atoms with van der Waals surface area (Å²) in [7, 11) is 0. The third kappa shape index (κ3) is 5.42. The number of imidazole rings is 1. The first kappa shape index (κ1) is 28.3. The molecule has 2 amide bonds. The van der Waals surface area contributed by atoms with E-state index in [1.165, 1.54) is 0 Å². The van der Waals surface area contributed by atoms with Crippen molar-refractivity contribution >= 4 is 17.5 Å². The van der Waals surface area contributed by atoms with Gasteiger partial charge in [-0.2, -0.15) is 10.2 Å². The van der Waals surface area contributed by atoms with Gasteiger partial charge in [0, 0.05) is 31.5 Å². The molecule has 43 heavy (non-hydrogen) atoms. The van der Waals surface area contributed by atoms with Gasteiger partial charge in [0.15, 0.2) is 5.65 Å². The maximum absolute atomic E-state index is 14.1. The Labute approximate surface area is 248 Å². The minimum absolute atomic E-state index is 0.0281. The summed E-state index contributed by atoms with van der Waals surface area (Å²) in [5.74, 6) is -3.00. The summed E-state index contributed by atoms with van der Waals surface area (Å²) in [5.41, 5.74) is 1.16. The summed E-state index contributed by atoms with van der Waals surface area (Å²) in [5, 5.41) is 15.1. The van der Waals surface area contributed by atoms with E-state index in [2.05, 4.69) is 20.8 Å². The van der Waals surface area contributed by atoms with E-state index in [0.717, 1.165) is 18.4 Å². The maximum Gasteiger partial charge on any atom is 0.270 e. The maximum atomic E-state index is 14.1. The van der Waals surface area contributed by atoms with Crippen molar-refractivity contribution in [1.29, 1.82) is 0 Å². The quantitative estimate of drug-likeness (QED) is 0.314. The molecular formula is C31H38F3N7O2. The first-order valence-electron chi connectivity index (χ1n) is 15.5. The largest absolute Gasteiger partial charge is 0.349 e. The molecule has 0 spiro atoms. The van der Waals surface area contributed by atoms with Gasteiger partial charge in [-0.25, -0.2) is 22.7 Å². The fourth-order valence-electron chi connectivity index (χ4n) is 7.70. The van der Waals surface area contributed by atoms with Gasteiger partial charge >= 0.3 is 0 Å². The van der Waals surface area contributed by atoms with Crippen molar-refractivity contribution < 1.29 is 22.8 Å². The van der Waals surface area contributed by atoms with Crippen molar-refractivity contribution in [3.8, 4) is 0 Å². The molecule has 0 aliphatic heterocycles. The number of hydrogen-bond acceptors (Lipinski definition) is 5. The second-order valence-electron chi connectivity index (χ2n) is 13.9. The minimum atomic E-state index is -2.70. The van der Waals surface area contributed by atoms with E-state index in [0.29, 0.717) is 48.6 Å². The third-order valence-corrected chi connectivity index (χ3v) is 9.97. The fourth-order valence-corrected chi connectivity index (χ4v) is 7.70. The van der Waals surface area contributed by atoms with Crippen LogP contribution in [0.5, 0.6) is 0 Å². The predicted molar refractivity (Wildman–Crippen MR) is 151 cm³/mol. The van der Waals surface area contributed by atoms with Crippen molar-refractivity contribution in [2.24, 2.45) is 17.3 Å². The third-order valence-electron chi connectivity index (χ3n) is 9.97. The Morgan fingerprint density at radius 1 is 1.00 bits per heavy atom. The second kappa shape index (κ2) is 10.1. The SMILES string of the molecule is CC(C)n1nccc1C(=O)N[C@H](c1cn2ncc([C@H](NC(=O)C[C@]34C[C@](F)(C3)C4)C3CC3)cc2n1)C1CCC(F)(F)CC1. The number of halogens is 3. The van der Waals surface area contributed by atoms with Gasteiger partial charge in [-0.05, 0) is 93.7 Å². The molecule has 5 saturated carbocycles. The van der Waals surface area contributed by atoms with E-state index in [-0.39, 0.29) is 60.9 Å². The lowest BCUT2D eigenvalue weighted by molar-refractivity contribution is -0.215. The van der Waals surface area contributed by atoms with E-state index in [1.807, 2.05) is 19.9 Å². The van der Waals surface area contributed by atoms with Crippen LogP contribution in [0.4, 0.5) is 13.2 Å². The number of rotatable bonds is 10. The van der Waals surface area contributed by atoms with Gasteiger partial charge < -0.3 is 10.6 Å². The number of amides is 2. The van der Waals surface area contributed by atoms with Crippen molar-refractivity contribution in [2.45, 2.75) is 108 Å². The van der Waals surface area contributed by atoms with Crippen LogP contribution in [0.2, 0.25) is 0 Å². The summed E-state index contributed by atoms with van der Waals surface area (Å²) >= 11 is 0. The molecule has 0 saturated heterocycles. The lowest BCUT2D eigenvalue weighted by Crippen LogP contribution is -2.65. The van der Waals surface area contributed by atoms with Gasteiger partial charge in [-0.15, -0.1) is 0 Å². The number of alkyl halides is 3. The molecule has 5 aliphatic rings. The van der Waals surface area contributed by atoms with Gasteiger partial charge in [0.2, 0.25) is 11.8 Å². The van der Waals surface area contributed by atoms with Gasteiger partial charge in [-0.1, -0.05) is 0 Å². The van der Waals surface area contributed by atoms with E-state index in [9.17, 15) is 22.8 Å². The zero-order valence-corrected chi connectivity index (χ0v) is 24.5. The van der Waals surface area contributed by atoms with Gasteiger partial charge in [-0.3, -0.25) is 14.3 Å². The highest BCUT2D eigenvalue weighted by Gasteiger charge is 2.69. The summed E-state index contributed by atoms with van der Waals surface area (Å²) in [6.07, 6.45) is 8.91. The van der Waals surface area contributed by atoms with Gasteiger partial charge in [0.1, 0.15) is 11.4 Å². The van der Waals surface area contributed by atoms with Crippen LogP contribution >= 0.6 is 0 Å². The molecule has 0 aromatic carbocycles. The Bertz CT molecular complexity index is 1530. The first-order chi connectivity index (χ1) is 20.4. The monoisotopic (exact) mass is 597 g/mol. The van der Waals surface area contributed by atoms with Gasteiger partial charge in [0.25, 0.3) is 5.91 Å². The van der Waals surface area contributed by atoms with Crippen LogP contribution in [-0.4, -0.2) is 47.8 Å². The number of hydrogen-bond donors (Lipinski definition) is 2. The van der Waals surface area contributed by atoms with Crippen LogP contribution in [0, 0.1) is 17.3 Å². The predicted octanol–water partition coefficient (Wildman–Crippen LogP) is 5.65. The average molecular weight is 598 g/mol. The summed E-state index contributed by atoms with van der Waals surface area (Å²) in [4.78, 5) is 31.2. The van der Waals surface area contributed by atoms with Crippen molar-refractivity contribution in [3.05, 3.63) is 47.7 Å². The molecule has 0 unspecified atom stereocenters. The number of aromatic nitrogens is 5. The summed E-state index contributed by atoms with van der Waals surface area (Å²) in [6, 6.07) is 2.73. The van der Waals surface area contributed by atoms with Crippen molar-refractivity contribution in [2.75, 3.05) is 0 Å². The molecule has 0 radical (unpaired) electrons. The zero-order chi connectivity index (χ0) is 30.1. The van der Waals surface area contributed by atoms with Crippen LogP contribution < -0.4 is 10.6 Å². The Morgan fingerprint density at radius 2 is 1.70 bits per heavy atom. The van der Waals surface area contributed by atoms with Crippen molar-refractivity contribution in [1.82, 2.24) is 35.0 Å². The average Bonchev–Trinajstić information content (AvgIpc) is 3.47. The molecule has 8 rings (SSSR count). The molecule has 9 nitrogen and oxygen atoms in total. The molecule has 2 bridgehead atoms. The molecule has 2 N–H and O–H groups in total. The molecule has 5 fully saturated rings. The standard InChI is InChI=1S/C31H38F3N7O2/c1-18(2)41-23(7-10-35-41)28(43)39-27(20-5-8-31(33,34)9-6-20)22-14-40-24(37-22)11-21(13-36-40)26(19-3-4-19)38-25(42)12-29-15-30(32,16-29)17-29/h7,10-11,13-14,18-20,26-27H,3-6,8-9,12,15-17H2,1-2H3,(H,38,42)(H,39,43)/t26-,27+,29-,30-/m1/s1. The van der Waals surface area contributed by atoms with E-state index >= 15 is 0 Å². The van der Waals surface area contributed by atoms with E-state index in [1.54, 1.807) is 33.9 Å². The zero-order valence-electron chi connectivity index (χ0n) is 24.5. The van der Waals surface area contributed by atoms with Crippen LogP contribution in [0.1, 0.15) is 118 Å². The van der Waals surface area contributed by atoms with E-state index < -0.39 is 17.6 Å². The van der Waals surface area contributed by atoms with Gasteiger partial charge in [0.05, 0.1) is 30.2 Å². The Hall–Kier alpha value is -3.44. The first-order valence-corrected chi connectivity index (χ1v) is 15.5. The number of carbonyl (C=O) groups is 2. The summed E-state index contributed by atoms with van der Waals surface area (Å²) < 4.78 is 45.4. The normalized spacial score (nSPS) is 27.8. The number of carbonyl (C=O) groups excluding carboxylic acids is 2. The van der Waals surface area contributed by atoms with E-state index in [4.69, 9.17) is 4.98 Å². The molecular weight excluding hydrogens is 559 g/mol. The molecule has 230 valence electrons. The fraction of sp³-hybridized carbons (Fsp3) is 0.645. The summed E-state index contributed by atoms with van der Waals surface area (Å²) in [6.45, 7) is 3.86. The molecule has 12 heteroatoms. The number of nitrogens with zero attached hydrogens (tertiary/aromatic N) is 5. The Balaban J connectivity index is 1.13. The van der Waals surface area contributed by atoms with Crippen LogP contribution in [0.3, 0.4) is 0 Å². The molecule has 2 atom stereocenters. The molecule has 3 heterocycles. The molecule has 3 aromatic heterocycles.